The lowest BCUT2D eigenvalue weighted by molar-refractivity contribution is 0.0294. The molecule has 0 radical (unpaired) electrons. The van der Waals surface area contributed by atoms with Crippen molar-refractivity contribution >= 4 is 49.6 Å². The fraction of sp³-hybridized carbons (Fsp3) is 0.474. The smallest absolute Gasteiger partial charge is 0.410 e. The van der Waals surface area contributed by atoms with E-state index in [0.29, 0.717) is 14.7 Å². The van der Waals surface area contributed by atoms with Gasteiger partial charge in [-0.2, -0.15) is 4.31 Å². The number of carbonyl (C=O) groups is 1. The minimum atomic E-state index is -3.88. The summed E-state index contributed by atoms with van der Waals surface area (Å²) in [5.74, 6) is -0.0458. The van der Waals surface area contributed by atoms with Gasteiger partial charge in [0.05, 0.1) is 8.47 Å². The number of aromatic hydroxyl groups is 1. The first-order valence-electron chi connectivity index (χ1n) is 8.93. The lowest BCUT2D eigenvalue weighted by atomic mass is 10.2. The van der Waals surface area contributed by atoms with Crippen molar-refractivity contribution in [1.82, 2.24) is 14.2 Å². The van der Waals surface area contributed by atoms with E-state index in [4.69, 9.17) is 4.74 Å². The van der Waals surface area contributed by atoms with Crippen molar-refractivity contribution in [2.45, 2.75) is 38.2 Å². The predicted octanol–water partition coefficient (Wildman–Crippen LogP) is 3.34. The molecule has 0 spiro atoms. The molecule has 29 heavy (non-hydrogen) atoms. The Morgan fingerprint density at radius 3 is 2.45 bits per heavy atom. The lowest BCUT2D eigenvalue weighted by Crippen LogP contribution is -2.40. The molecule has 0 saturated heterocycles. The highest BCUT2D eigenvalue weighted by molar-refractivity contribution is 14.1. The van der Waals surface area contributed by atoms with Gasteiger partial charge in [0.1, 0.15) is 11.1 Å². The number of nitrogens with zero attached hydrogens (tertiary/aromatic N) is 3. The number of benzene rings is 1. The lowest BCUT2D eigenvalue weighted by Gasteiger charge is -2.26. The fourth-order valence-electron chi connectivity index (χ4n) is 2.53. The number of fused-ring (bicyclic) bond motifs is 1. The molecule has 1 amide bonds. The molecular weight excluding hydrogens is 509 g/mol. The standard InChI is InChI=1S/C19H26IN3O5S/c1-12-7-8-13-15(11-14(20)17(24)16(13)21-12)29(26,27)23(6)10-9-22(5)18(25)28-19(2,3)4/h7-8,11,24H,9-10H2,1-6H3. The summed E-state index contributed by atoms with van der Waals surface area (Å²) >= 11 is 1.88. The Bertz CT molecular complexity index is 1030. The fourth-order valence-corrected chi connectivity index (χ4v) is 4.68. The van der Waals surface area contributed by atoms with Gasteiger partial charge in [0.2, 0.25) is 10.0 Å². The molecule has 0 saturated carbocycles. The number of ether oxygens (including phenoxy) is 1. The number of phenolic OH excluding ortho intramolecular Hbond substituents is 1. The van der Waals surface area contributed by atoms with Crippen molar-refractivity contribution in [3.63, 3.8) is 0 Å². The molecule has 8 nitrogen and oxygen atoms in total. The summed E-state index contributed by atoms with van der Waals surface area (Å²) in [6.07, 6.45) is -0.521. The van der Waals surface area contributed by atoms with Gasteiger partial charge in [-0.1, -0.05) is 0 Å². The zero-order valence-electron chi connectivity index (χ0n) is 17.4. The molecule has 2 aromatic rings. The number of pyridine rings is 1. The number of aromatic nitrogens is 1. The SMILES string of the molecule is Cc1ccc2c(S(=O)(=O)N(C)CCN(C)C(=O)OC(C)(C)C)cc(I)c(O)c2n1. The van der Waals surface area contributed by atoms with E-state index in [1.54, 1.807) is 46.9 Å². The molecule has 1 aromatic heterocycles. The molecule has 0 fully saturated rings. The molecular formula is C19H26IN3O5S. The predicted molar refractivity (Wildman–Crippen MR) is 120 cm³/mol. The third-order valence-corrected chi connectivity index (χ3v) is 6.87. The Morgan fingerprint density at radius 2 is 1.86 bits per heavy atom. The van der Waals surface area contributed by atoms with Crippen LogP contribution in [0.3, 0.4) is 0 Å². The Kier molecular flexibility index (Phi) is 7.01. The number of sulfonamides is 1. The summed E-state index contributed by atoms with van der Waals surface area (Å²) in [5, 5.41) is 10.7. The Labute approximate surface area is 185 Å². The summed E-state index contributed by atoms with van der Waals surface area (Å²) in [4.78, 5) is 17.8. The van der Waals surface area contributed by atoms with Crippen molar-refractivity contribution in [2.75, 3.05) is 27.2 Å². The van der Waals surface area contributed by atoms with E-state index in [2.05, 4.69) is 4.98 Å². The Hall–Kier alpha value is -1.66. The Morgan fingerprint density at radius 1 is 1.24 bits per heavy atom. The van der Waals surface area contributed by atoms with Crippen LogP contribution in [-0.4, -0.2) is 66.6 Å². The van der Waals surface area contributed by atoms with Gasteiger partial charge in [-0.05, 0) is 68.5 Å². The molecule has 160 valence electrons. The van der Waals surface area contributed by atoms with Crippen molar-refractivity contribution in [3.8, 4) is 5.75 Å². The number of likely N-dealkylation sites (N-methyl/N-ethyl adjacent to an activating group) is 2. The molecule has 1 N–H and O–H groups in total. The summed E-state index contributed by atoms with van der Waals surface area (Å²) in [5.41, 5.74) is 0.288. The highest BCUT2D eigenvalue weighted by Gasteiger charge is 2.27. The third-order valence-electron chi connectivity index (χ3n) is 4.15. The van der Waals surface area contributed by atoms with Crippen LogP contribution >= 0.6 is 22.6 Å². The van der Waals surface area contributed by atoms with Crippen LogP contribution in [0.25, 0.3) is 10.9 Å². The minimum Gasteiger partial charge on any atom is -0.505 e. The van der Waals surface area contributed by atoms with E-state index in [1.165, 1.54) is 22.3 Å². The third kappa shape index (κ3) is 5.48. The van der Waals surface area contributed by atoms with Crippen molar-refractivity contribution in [2.24, 2.45) is 0 Å². The quantitative estimate of drug-likeness (QED) is 0.590. The van der Waals surface area contributed by atoms with Crippen LogP contribution in [0.15, 0.2) is 23.1 Å². The molecule has 0 aliphatic rings. The van der Waals surface area contributed by atoms with Gasteiger partial charge in [0.15, 0.2) is 5.75 Å². The number of amides is 1. The molecule has 0 unspecified atom stereocenters. The van der Waals surface area contributed by atoms with Crippen LogP contribution in [-0.2, 0) is 14.8 Å². The zero-order chi connectivity index (χ0) is 22.1. The van der Waals surface area contributed by atoms with Gasteiger partial charge in [0, 0.05) is 38.3 Å². The van der Waals surface area contributed by atoms with Gasteiger partial charge in [-0.15, -0.1) is 0 Å². The first-order chi connectivity index (χ1) is 13.2. The number of hydrogen-bond donors (Lipinski definition) is 1. The monoisotopic (exact) mass is 535 g/mol. The summed E-state index contributed by atoms with van der Waals surface area (Å²) in [6.45, 7) is 7.31. The van der Waals surface area contributed by atoms with Gasteiger partial charge >= 0.3 is 6.09 Å². The van der Waals surface area contributed by atoms with Crippen LogP contribution in [0.2, 0.25) is 0 Å². The second-order valence-electron chi connectivity index (χ2n) is 7.78. The zero-order valence-corrected chi connectivity index (χ0v) is 20.3. The van der Waals surface area contributed by atoms with Gasteiger partial charge < -0.3 is 14.7 Å². The van der Waals surface area contributed by atoms with E-state index in [0.717, 1.165) is 0 Å². The molecule has 0 aliphatic heterocycles. The molecule has 2 rings (SSSR count). The molecule has 0 bridgehead atoms. The minimum absolute atomic E-state index is 0.0458. The molecule has 1 aromatic carbocycles. The maximum Gasteiger partial charge on any atom is 0.410 e. The maximum absolute atomic E-state index is 13.2. The topological polar surface area (TPSA) is 100 Å². The highest BCUT2D eigenvalue weighted by atomic mass is 127. The number of rotatable bonds is 5. The molecule has 0 atom stereocenters. The average molecular weight is 535 g/mol. The van der Waals surface area contributed by atoms with Crippen LogP contribution in [0.4, 0.5) is 4.79 Å². The Balaban J connectivity index is 2.29. The average Bonchev–Trinajstić information content (AvgIpc) is 2.60. The van der Waals surface area contributed by atoms with Crippen molar-refractivity contribution in [3.05, 3.63) is 27.5 Å². The van der Waals surface area contributed by atoms with Crippen LogP contribution < -0.4 is 0 Å². The largest absolute Gasteiger partial charge is 0.505 e. The van der Waals surface area contributed by atoms with E-state index in [9.17, 15) is 18.3 Å². The number of carbonyl (C=O) groups excluding carboxylic acids is 1. The van der Waals surface area contributed by atoms with Gasteiger partial charge in [-0.25, -0.2) is 18.2 Å². The van der Waals surface area contributed by atoms with Gasteiger partial charge in [-0.3, -0.25) is 0 Å². The van der Waals surface area contributed by atoms with E-state index < -0.39 is 21.7 Å². The second-order valence-corrected chi connectivity index (χ2v) is 11.0. The van der Waals surface area contributed by atoms with Crippen molar-refractivity contribution in [1.29, 1.82) is 0 Å². The highest BCUT2D eigenvalue weighted by Crippen LogP contribution is 2.34. The summed E-state index contributed by atoms with van der Waals surface area (Å²) < 4.78 is 33.2. The van der Waals surface area contributed by atoms with Crippen LogP contribution in [0.1, 0.15) is 26.5 Å². The molecule has 10 heteroatoms. The number of aryl methyl sites for hydroxylation is 1. The second kappa shape index (κ2) is 8.60. The van der Waals surface area contributed by atoms with Crippen LogP contribution in [0.5, 0.6) is 5.75 Å². The normalized spacial score (nSPS) is 12.4. The molecule has 1 heterocycles. The first kappa shape index (κ1) is 23.6. The van der Waals surface area contributed by atoms with Crippen LogP contribution in [0, 0.1) is 10.5 Å². The first-order valence-corrected chi connectivity index (χ1v) is 11.4. The number of phenols is 1. The van der Waals surface area contributed by atoms with E-state index in [-0.39, 0.29) is 29.3 Å². The molecule has 0 aliphatic carbocycles. The number of hydrogen-bond acceptors (Lipinski definition) is 6. The number of halogens is 1. The van der Waals surface area contributed by atoms with Gasteiger partial charge in [0.25, 0.3) is 0 Å². The van der Waals surface area contributed by atoms with E-state index in [1.807, 2.05) is 22.6 Å². The summed E-state index contributed by atoms with van der Waals surface area (Å²) in [6, 6.07) is 4.77. The maximum atomic E-state index is 13.2. The summed E-state index contributed by atoms with van der Waals surface area (Å²) in [7, 11) is -0.870. The van der Waals surface area contributed by atoms with E-state index >= 15 is 0 Å². The van der Waals surface area contributed by atoms with Crippen molar-refractivity contribution < 1.29 is 23.1 Å².